The lowest BCUT2D eigenvalue weighted by molar-refractivity contribution is -0.156. The molecule has 11 heavy (non-hydrogen) atoms. The van der Waals surface area contributed by atoms with Crippen molar-refractivity contribution in [3.05, 3.63) is 0 Å². The molecule has 0 aliphatic heterocycles. The third-order valence-corrected chi connectivity index (χ3v) is 0.916. The van der Waals surface area contributed by atoms with E-state index in [0.29, 0.717) is 0 Å². The molecule has 0 fully saturated rings. The van der Waals surface area contributed by atoms with Crippen LogP contribution < -0.4 is 0 Å². The van der Waals surface area contributed by atoms with Gasteiger partial charge in [-0.05, 0) is 20.8 Å². The first kappa shape index (κ1) is 10.1. The van der Waals surface area contributed by atoms with Crippen molar-refractivity contribution in [2.24, 2.45) is 0 Å². The summed E-state index contributed by atoms with van der Waals surface area (Å²) in [5.41, 5.74) is 0. The number of ketones is 1. The Kier molecular flexibility index (Phi) is 3.71. The molecule has 0 N–H and O–H groups in total. The molecule has 64 valence electrons. The second kappa shape index (κ2) is 4.05. The topological polar surface area (TPSA) is 43.4 Å². The molecule has 0 spiro atoms. The van der Waals surface area contributed by atoms with Gasteiger partial charge in [-0.3, -0.25) is 4.79 Å². The zero-order valence-corrected chi connectivity index (χ0v) is 6.76. The Morgan fingerprint density at radius 2 is 1.82 bits per heavy atom. The SMILES string of the molecule is CC(=O)C(F)C(=O)OC(C)C. The van der Waals surface area contributed by atoms with Crippen molar-refractivity contribution in [1.82, 2.24) is 0 Å². The van der Waals surface area contributed by atoms with Crippen LogP contribution in [-0.2, 0) is 14.3 Å². The molecule has 0 heterocycles. The predicted octanol–water partition coefficient (Wildman–Crippen LogP) is 0.865. The molecule has 0 aliphatic carbocycles. The van der Waals surface area contributed by atoms with Crippen LogP contribution in [0.15, 0.2) is 0 Å². The molecular formula is C7H11FO3. The van der Waals surface area contributed by atoms with E-state index >= 15 is 0 Å². The van der Waals surface area contributed by atoms with Crippen molar-refractivity contribution < 1.29 is 18.7 Å². The summed E-state index contributed by atoms with van der Waals surface area (Å²) in [6.07, 6.45) is -2.52. The van der Waals surface area contributed by atoms with Crippen molar-refractivity contribution in [2.45, 2.75) is 33.0 Å². The molecule has 0 saturated carbocycles. The van der Waals surface area contributed by atoms with Gasteiger partial charge in [-0.2, -0.15) is 0 Å². The minimum absolute atomic E-state index is 0.389. The van der Waals surface area contributed by atoms with Crippen LogP contribution >= 0.6 is 0 Å². The van der Waals surface area contributed by atoms with Crippen molar-refractivity contribution in [3.8, 4) is 0 Å². The summed E-state index contributed by atoms with van der Waals surface area (Å²) in [7, 11) is 0. The van der Waals surface area contributed by atoms with Crippen LogP contribution in [-0.4, -0.2) is 24.0 Å². The van der Waals surface area contributed by atoms with E-state index in [4.69, 9.17) is 0 Å². The number of halogens is 1. The van der Waals surface area contributed by atoms with Gasteiger partial charge in [0, 0.05) is 0 Å². The number of ether oxygens (including phenoxy) is 1. The third kappa shape index (κ3) is 3.70. The first-order chi connectivity index (χ1) is 4.95. The first-order valence-electron chi connectivity index (χ1n) is 3.30. The molecule has 0 rings (SSSR count). The number of Topliss-reactive ketones (excluding diaryl/α,β-unsaturated/α-hetero) is 1. The Bertz CT molecular complexity index is 165. The number of carbonyl (C=O) groups excluding carboxylic acids is 2. The normalized spacial score (nSPS) is 12.8. The number of carbonyl (C=O) groups is 2. The lowest BCUT2D eigenvalue weighted by atomic mass is 10.3. The fourth-order valence-corrected chi connectivity index (χ4v) is 0.458. The number of alkyl halides is 1. The fourth-order valence-electron chi connectivity index (χ4n) is 0.458. The van der Waals surface area contributed by atoms with Crippen LogP contribution in [0.5, 0.6) is 0 Å². The lowest BCUT2D eigenvalue weighted by Crippen LogP contribution is -2.27. The zero-order chi connectivity index (χ0) is 9.02. The quantitative estimate of drug-likeness (QED) is 0.456. The Morgan fingerprint density at radius 1 is 1.36 bits per heavy atom. The van der Waals surface area contributed by atoms with Gasteiger partial charge in [-0.25, -0.2) is 9.18 Å². The molecule has 0 aromatic heterocycles. The predicted molar refractivity (Wildman–Crippen MR) is 36.8 cm³/mol. The van der Waals surface area contributed by atoms with Gasteiger partial charge in [0.2, 0.25) is 0 Å². The summed E-state index contributed by atoms with van der Waals surface area (Å²) in [6.45, 7) is 4.18. The molecule has 1 unspecified atom stereocenters. The van der Waals surface area contributed by atoms with Gasteiger partial charge in [0.25, 0.3) is 6.17 Å². The molecule has 0 aliphatic rings. The van der Waals surface area contributed by atoms with Gasteiger partial charge < -0.3 is 4.74 Å². The molecule has 1 atom stereocenters. The number of hydrogen-bond acceptors (Lipinski definition) is 3. The van der Waals surface area contributed by atoms with E-state index in [1.165, 1.54) is 0 Å². The van der Waals surface area contributed by atoms with Crippen molar-refractivity contribution >= 4 is 11.8 Å². The molecule has 0 radical (unpaired) electrons. The second-order valence-corrected chi connectivity index (χ2v) is 2.46. The fraction of sp³-hybridized carbons (Fsp3) is 0.714. The van der Waals surface area contributed by atoms with Gasteiger partial charge >= 0.3 is 5.97 Å². The number of hydrogen-bond donors (Lipinski definition) is 0. The highest BCUT2D eigenvalue weighted by Crippen LogP contribution is 1.99. The smallest absolute Gasteiger partial charge is 0.348 e. The molecular weight excluding hydrogens is 151 g/mol. The largest absolute Gasteiger partial charge is 0.460 e. The Hall–Kier alpha value is -0.930. The third-order valence-electron chi connectivity index (χ3n) is 0.916. The van der Waals surface area contributed by atoms with Gasteiger partial charge in [-0.15, -0.1) is 0 Å². The summed E-state index contributed by atoms with van der Waals surface area (Å²) < 4.78 is 16.9. The Balaban J connectivity index is 3.93. The zero-order valence-electron chi connectivity index (χ0n) is 6.76. The Morgan fingerprint density at radius 3 is 2.09 bits per heavy atom. The molecule has 3 nitrogen and oxygen atoms in total. The van der Waals surface area contributed by atoms with Crippen LogP contribution in [0.3, 0.4) is 0 Å². The molecule has 0 bridgehead atoms. The van der Waals surface area contributed by atoms with E-state index in [1.807, 2.05) is 0 Å². The van der Waals surface area contributed by atoms with E-state index in [-0.39, 0.29) is 6.10 Å². The standard InChI is InChI=1S/C7H11FO3/c1-4(2)11-7(10)6(8)5(3)9/h4,6H,1-3H3. The molecule has 4 heteroatoms. The van der Waals surface area contributed by atoms with E-state index < -0.39 is 17.9 Å². The summed E-state index contributed by atoms with van der Waals surface area (Å²) in [5.74, 6) is -1.93. The molecule has 0 amide bonds. The second-order valence-electron chi connectivity index (χ2n) is 2.46. The van der Waals surface area contributed by atoms with Crippen LogP contribution in [0.2, 0.25) is 0 Å². The van der Waals surface area contributed by atoms with Gasteiger partial charge in [0.15, 0.2) is 5.78 Å². The maximum atomic E-state index is 12.5. The minimum Gasteiger partial charge on any atom is -0.460 e. The lowest BCUT2D eigenvalue weighted by Gasteiger charge is -2.08. The van der Waals surface area contributed by atoms with E-state index in [2.05, 4.69) is 4.74 Å². The monoisotopic (exact) mass is 162 g/mol. The van der Waals surface area contributed by atoms with Crippen LogP contribution in [0, 0.1) is 0 Å². The highest BCUT2D eigenvalue weighted by atomic mass is 19.1. The van der Waals surface area contributed by atoms with Crippen LogP contribution in [0.25, 0.3) is 0 Å². The van der Waals surface area contributed by atoms with E-state index in [0.717, 1.165) is 6.92 Å². The van der Waals surface area contributed by atoms with Gasteiger partial charge in [0.05, 0.1) is 6.10 Å². The first-order valence-corrected chi connectivity index (χ1v) is 3.30. The summed E-state index contributed by atoms with van der Waals surface area (Å²) in [5, 5.41) is 0. The molecule has 0 aromatic carbocycles. The molecule has 0 saturated heterocycles. The maximum Gasteiger partial charge on any atom is 0.348 e. The van der Waals surface area contributed by atoms with Crippen LogP contribution in [0.4, 0.5) is 4.39 Å². The highest BCUT2D eigenvalue weighted by Gasteiger charge is 2.24. The van der Waals surface area contributed by atoms with Gasteiger partial charge in [-0.1, -0.05) is 0 Å². The maximum absolute atomic E-state index is 12.5. The van der Waals surface area contributed by atoms with Crippen molar-refractivity contribution in [1.29, 1.82) is 0 Å². The average molecular weight is 162 g/mol. The van der Waals surface area contributed by atoms with Crippen molar-refractivity contribution in [2.75, 3.05) is 0 Å². The summed E-state index contributed by atoms with van der Waals surface area (Å²) in [4.78, 5) is 20.9. The summed E-state index contributed by atoms with van der Waals surface area (Å²) in [6, 6.07) is 0. The highest BCUT2D eigenvalue weighted by molar-refractivity contribution is 6.00. The van der Waals surface area contributed by atoms with Gasteiger partial charge in [0.1, 0.15) is 0 Å². The Labute approximate surface area is 64.5 Å². The van der Waals surface area contributed by atoms with E-state index in [9.17, 15) is 14.0 Å². The number of rotatable bonds is 3. The average Bonchev–Trinajstić information content (AvgIpc) is 1.84. The minimum atomic E-state index is -2.13. The van der Waals surface area contributed by atoms with Crippen molar-refractivity contribution in [3.63, 3.8) is 0 Å². The number of esters is 1. The van der Waals surface area contributed by atoms with E-state index in [1.54, 1.807) is 13.8 Å². The summed E-state index contributed by atoms with van der Waals surface area (Å²) >= 11 is 0. The molecule has 0 aromatic rings. The van der Waals surface area contributed by atoms with Crippen LogP contribution in [0.1, 0.15) is 20.8 Å².